The van der Waals surface area contributed by atoms with Crippen molar-refractivity contribution in [2.24, 2.45) is 0 Å². The monoisotopic (exact) mass is 1150 g/mol. The van der Waals surface area contributed by atoms with Gasteiger partial charge in [-0.1, -0.05) is 364 Å². The second-order valence-corrected chi connectivity index (χ2v) is 24.5. The van der Waals surface area contributed by atoms with Crippen LogP contribution in [0.2, 0.25) is 0 Å². The maximum absolute atomic E-state index is 12.9. The molecule has 0 spiro atoms. The van der Waals surface area contributed by atoms with E-state index in [1.807, 2.05) is 0 Å². The second kappa shape index (κ2) is 70.6. The Balaban J connectivity index is 3.92. The highest BCUT2D eigenvalue weighted by atomic mass is 16.6. The lowest BCUT2D eigenvalue weighted by atomic mass is 10.0. The molecule has 0 aliphatic rings. The van der Waals surface area contributed by atoms with E-state index in [0.29, 0.717) is 19.3 Å². The third-order valence-electron chi connectivity index (χ3n) is 16.3. The highest BCUT2D eigenvalue weighted by Gasteiger charge is 2.19. The first kappa shape index (κ1) is 79.1. The number of unbranched alkanes of at least 4 members (excludes halogenated alkanes) is 46. The van der Waals surface area contributed by atoms with Crippen LogP contribution in [0.1, 0.15) is 387 Å². The quantitative estimate of drug-likeness (QED) is 0.0261. The smallest absolute Gasteiger partial charge is 0.306 e. The van der Waals surface area contributed by atoms with E-state index in [1.54, 1.807) is 0 Å². The zero-order valence-corrected chi connectivity index (χ0v) is 55.0. The Bertz CT molecular complexity index is 1460. The predicted octanol–water partition coefficient (Wildman–Crippen LogP) is 25.1. The van der Waals surface area contributed by atoms with E-state index in [0.717, 1.165) is 96.3 Å². The normalized spacial score (nSPS) is 12.4. The highest BCUT2D eigenvalue weighted by Crippen LogP contribution is 2.19. The molecule has 478 valence electrons. The molecule has 1 unspecified atom stereocenters. The van der Waals surface area contributed by atoms with Crippen molar-refractivity contribution in [1.29, 1.82) is 0 Å². The van der Waals surface area contributed by atoms with Crippen molar-refractivity contribution in [3.05, 3.63) is 60.8 Å². The van der Waals surface area contributed by atoms with E-state index >= 15 is 0 Å². The van der Waals surface area contributed by atoms with Crippen LogP contribution < -0.4 is 0 Å². The number of carbonyl (C=O) groups excluding carboxylic acids is 3. The predicted molar refractivity (Wildman–Crippen MR) is 358 cm³/mol. The first-order chi connectivity index (χ1) is 40.5. The van der Waals surface area contributed by atoms with Gasteiger partial charge >= 0.3 is 17.9 Å². The van der Waals surface area contributed by atoms with Gasteiger partial charge in [-0.2, -0.15) is 0 Å². The summed E-state index contributed by atoms with van der Waals surface area (Å²) >= 11 is 0. The molecule has 6 heteroatoms. The lowest BCUT2D eigenvalue weighted by molar-refractivity contribution is -0.167. The van der Waals surface area contributed by atoms with Crippen LogP contribution in [0.15, 0.2) is 60.8 Å². The van der Waals surface area contributed by atoms with Crippen molar-refractivity contribution in [2.45, 2.75) is 393 Å². The summed E-state index contributed by atoms with van der Waals surface area (Å²) in [7, 11) is 0. The molecule has 0 aliphatic carbocycles. The van der Waals surface area contributed by atoms with E-state index in [-0.39, 0.29) is 31.1 Å². The Morgan fingerprint density at radius 1 is 0.256 bits per heavy atom. The minimum atomic E-state index is -0.770. The number of ether oxygens (including phenoxy) is 3. The topological polar surface area (TPSA) is 78.9 Å². The molecule has 0 saturated heterocycles. The summed E-state index contributed by atoms with van der Waals surface area (Å²) in [5.74, 6) is -0.863. The van der Waals surface area contributed by atoms with Crippen molar-refractivity contribution >= 4 is 17.9 Å². The Hall–Kier alpha value is -2.89. The van der Waals surface area contributed by atoms with E-state index in [1.165, 1.54) is 250 Å². The molecule has 0 aromatic rings. The molecule has 0 fully saturated rings. The van der Waals surface area contributed by atoms with Gasteiger partial charge in [0.1, 0.15) is 13.2 Å². The average molecular weight is 1150 g/mol. The molecular formula is C76H138O6. The molecule has 0 bridgehead atoms. The number of carbonyl (C=O) groups is 3. The Kier molecular flexibility index (Phi) is 68.1. The maximum atomic E-state index is 12.9. The van der Waals surface area contributed by atoms with Gasteiger partial charge in [-0.05, 0) is 64.2 Å². The number of allylic oxidation sites excluding steroid dienone is 10. The molecule has 0 heterocycles. The highest BCUT2D eigenvalue weighted by molar-refractivity contribution is 5.71. The van der Waals surface area contributed by atoms with Gasteiger partial charge in [0.2, 0.25) is 0 Å². The number of hydrogen-bond acceptors (Lipinski definition) is 6. The van der Waals surface area contributed by atoms with Crippen molar-refractivity contribution in [3.63, 3.8) is 0 Å². The molecule has 82 heavy (non-hydrogen) atoms. The molecular weight excluding hydrogens is 1010 g/mol. The summed E-state index contributed by atoms with van der Waals surface area (Å²) in [6, 6.07) is 0. The summed E-state index contributed by atoms with van der Waals surface area (Å²) < 4.78 is 16.8. The molecule has 6 nitrogen and oxygen atoms in total. The Labute approximate surface area is 510 Å². The lowest BCUT2D eigenvalue weighted by Crippen LogP contribution is -2.30. The maximum Gasteiger partial charge on any atom is 0.306 e. The van der Waals surface area contributed by atoms with Gasteiger partial charge in [0.25, 0.3) is 0 Å². The summed E-state index contributed by atoms with van der Waals surface area (Å²) in [5.41, 5.74) is 0. The zero-order valence-electron chi connectivity index (χ0n) is 55.0. The van der Waals surface area contributed by atoms with Gasteiger partial charge in [-0.25, -0.2) is 0 Å². The van der Waals surface area contributed by atoms with E-state index in [2.05, 4.69) is 81.5 Å². The van der Waals surface area contributed by atoms with Crippen molar-refractivity contribution in [1.82, 2.24) is 0 Å². The van der Waals surface area contributed by atoms with E-state index < -0.39 is 6.10 Å². The van der Waals surface area contributed by atoms with Crippen LogP contribution in [-0.2, 0) is 28.6 Å². The van der Waals surface area contributed by atoms with Crippen molar-refractivity contribution in [3.8, 4) is 0 Å². The fraction of sp³-hybridized carbons (Fsp3) is 0.829. The van der Waals surface area contributed by atoms with Crippen LogP contribution in [0.4, 0.5) is 0 Å². The fourth-order valence-electron chi connectivity index (χ4n) is 10.9. The van der Waals surface area contributed by atoms with Gasteiger partial charge in [-0.15, -0.1) is 0 Å². The molecule has 0 radical (unpaired) electrons. The second-order valence-electron chi connectivity index (χ2n) is 24.5. The minimum absolute atomic E-state index is 0.0697. The van der Waals surface area contributed by atoms with E-state index in [4.69, 9.17) is 14.2 Å². The summed E-state index contributed by atoms with van der Waals surface area (Å²) in [6.45, 7) is 6.51. The first-order valence-electron chi connectivity index (χ1n) is 36.3. The Morgan fingerprint density at radius 2 is 0.476 bits per heavy atom. The van der Waals surface area contributed by atoms with Crippen LogP contribution in [-0.4, -0.2) is 37.2 Å². The van der Waals surface area contributed by atoms with Crippen LogP contribution >= 0.6 is 0 Å². The minimum Gasteiger partial charge on any atom is -0.462 e. The molecule has 0 N–H and O–H groups in total. The number of hydrogen-bond donors (Lipinski definition) is 0. The number of esters is 3. The lowest BCUT2D eigenvalue weighted by Gasteiger charge is -2.18. The first-order valence-corrected chi connectivity index (χ1v) is 36.3. The van der Waals surface area contributed by atoms with Gasteiger partial charge in [0.15, 0.2) is 6.10 Å². The number of rotatable bonds is 67. The molecule has 0 aromatic heterocycles. The summed E-state index contributed by atoms with van der Waals surface area (Å²) in [5, 5.41) is 0. The van der Waals surface area contributed by atoms with Crippen LogP contribution in [0.25, 0.3) is 0 Å². The van der Waals surface area contributed by atoms with Crippen molar-refractivity contribution < 1.29 is 28.6 Å². The summed E-state index contributed by atoms with van der Waals surface area (Å²) in [4.78, 5) is 38.0. The van der Waals surface area contributed by atoms with Crippen LogP contribution in [0.3, 0.4) is 0 Å². The molecule has 0 saturated carbocycles. The van der Waals surface area contributed by atoms with Crippen LogP contribution in [0, 0.1) is 0 Å². The van der Waals surface area contributed by atoms with Gasteiger partial charge in [-0.3, -0.25) is 14.4 Å². The van der Waals surface area contributed by atoms with Gasteiger partial charge < -0.3 is 14.2 Å². The molecule has 0 aliphatic heterocycles. The third-order valence-corrected chi connectivity index (χ3v) is 16.3. The summed E-state index contributed by atoms with van der Waals surface area (Å²) in [6.07, 6.45) is 91.8. The Morgan fingerprint density at radius 3 is 0.744 bits per heavy atom. The van der Waals surface area contributed by atoms with E-state index in [9.17, 15) is 14.4 Å². The third kappa shape index (κ3) is 67.9. The standard InChI is InChI=1S/C76H138O6/c1-4-7-10-13-15-17-19-21-23-25-27-29-31-33-35-37-39-40-42-44-46-48-50-52-54-56-58-60-63-66-69-75(78)81-72-73(71-80-74(77)68-65-62-12-9-6-3)82-76(79)70-67-64-61-59-57-55-53-51-49-47-45-43-41-38-36-34-32-30-28-26-24-22-20-18-16-14-11-8-5-2/h8,11,16,18,22,24,28,30,34,36,73H,4-7,9-10,12-15,17,19-21,23,25-27,29,31-33,35,37-72H2,1-3H3/b11-8-,18-16-,24-22-,30-28-,36-34-. The molecule has 1 atom stereocenters. The molecule has 0 amide bonds. The largest absolute Gasteiger partial charge is 0.462 e. The van der Waals surface area contributed by atoms with Gasteiger partial charge in [0.05, 0.1) is 0 Å². The van der Waals surface area contributed by atoms with Crippen LogP contribution in [0.5, 0.6) is 0 Å². The van der Waals surface area contributed by atoms with Gasteiger partial charge in [0, 0.05) is 19.3 Å². The fourth-order valence-corrected chi connectivity index (χ4v) is 10.9. The molecule has 0 rings (SSSR count). The van der Waals surface area contributed by atoms with Crippen molar-refractivity contribution in [2.75, 3.05) is 13.2 Å². The molecule has 0 aromatic carbocycles. The average Bonchev–Trinajstić information content (AvgIpc) is 3.47. The zero-order chi connectivity index (χ0) is 59.2. The SMILES string of the molecule is CC/C=C\C/C=C\C/C=C\C/C=C\C/C=C\CCCCCCCCCCCCCCCC(=O)OC(COC(=O)CCCCCCC)COC(=O)CCCCCCCCCCCCCCCCCCCCCCCCCCCCCCCC.